The van der Waals surface area contributed by atoms with E-state index in [9.17, 15) is 14.3 Å². The highest BCUT2D eigenvalue weighted by atomic mass is 35.5. The minimum Gasteiger partial charge on any atom is -0.508 e. The van der Waals surface area contributed by atoms with E-state index in [0.717, 1.165) is 6.07 Å². The summed E-state index contributed by atoms with van der Waals surface area (Å²) in [6.07, 6.45) is 0. The molecule has 0 aliphatic rings. The molecule has 1 atom stereocenters. The van der Waals surface area contributed by atoms with Crippen molar-refractivity contribution in [2.75, 3.05) is 6.54 Å². The van der Waals surface area contributed by atoms with Crippen LogP contribution in [-0.2, 0) is 5.60 Å². The molecule has 2 aromatic rings. The third kappa shape index (κ3) is 3.75. The van der Waals surface area contributed by atoms with Crippen LogP contribution in [0, 0.1) is 5.82 Å². The lowest BCUT2D eigenvalue weighted by atomic mass is 9.96. The van der Waals surface area contributed by atoms with Crippen molar-refractivity contribution in [3.63, 3.8) is 0 Å². The fourth-order valence-electron chi connectivity index (χ4n) is 1.96. The van der Waals surface area contributed by atoms with Crippen LogP contribution in [0.5, 0.6) is 5.75 Å². The Kier molecular flexibility index (Phi) is 4.68. The molecule has 0 fully saturated rings. The molecule has 1 amide bonds. The Morgan fingerprint density at radius 3 is 2.68 bits per heavy atom. The fraction of sp³-hybridized carbons (Fsp3) is 0.188. The highest BCUT2D eigenvalue weighted by Gasteiger charge is 2.25. The highest BCUT2D eigenvalue weighted by Crippen LogP contribution is 2.23. The number of aliphatic hydroxyl groups is 1. The zero-order valence-corrected chi connectivity index (χ0v) is 12.6. The molecule has 0 saturated carbocycles. The number of phenols is 1. The van der Waals surface area contributed by atoms with Crippen molar-refractivity contribution in [1.29, 1.82) is 0 Å². The first-order valence-electron chi connectivity index (χ1n) is 6.55. The van der Waals surface area contributed by atoms with E-state index in [4.69, 9.17) is 16.7 Å². The number of halogens is 2. The van der Waals surface area contributed by atoms with E-state index in [1.807, 2.05) is 0 Å². The minimum absolute atomic E-state index is 0.119. The van der Waals surface area contributed by atoms with Gasteiger partial charge in [-0.2, -0.15) is 0 Å². The molecule has 0 aromatic heterocycles. The van der Waals surface area contributed by atoms with Gasteiger partial charge in [-0.3, -0.25) is 4.79 Å². The number of benzene rings is 2. The van der Waals surface area contributed by atoms with Crippen LogP contribution >= 0.6 is 11.6 Å². The Morgan fingerprint density at radius 2 is 2.05 bits per heavy atom. The molecule has 0 aliphatic carbocycles. The first kappa shape index (κ1) is 16.3. The van der Waals surface area contributed by atoms with Crippen LogP contribution in [0.15, 0.2) is 42.5 Å². The van der Waals surface area contributed by atoms with Gasteiger partial charge in [-0.1, -0.05) is 23.7 Å². The normalized spacial score (nSPS) is 13.5. The Labute approximate surface area is 132 Å². The predicted molar refractivity (Wildman–Crippen MR) is 81.4 cm³/mol. The van der Waals surface area contributed by atoms with Gasteiger partial charge in [0.2, 0.25) is 0 Å². The van der Waals surface area contributed by atoms with Crippen LogP contribution in [0.3, 0.4) is 0 Å². The molecular weight excluding hydrogens is 309 g/mol. The molecule has 0 radical (unpaired) electrons. The molecule has 22 heavy (non-hydrogen) atoms. The molecule has 0 unspecified atom stereocenters. The van der Waals surface area contributed by atoms with Crippen LogP contribution in [0.25, 0.3) is 0 Å². The smallest absolute Gasteiger partial charge is 0.254 e. The number of carbonyl (C=O) groups is 1. The van der Waals surface area contributed by atoms with Crippen molar-refractivity contribution < 1.29 is 19.4 Å². The second-order valence-electron chi connectivity index (χ2n) is 5.13. The summed E-state index contributed by atoms with van der Waals surface area (Å²) in [5.74, 6) is -1.78. The van der Waals surface area contributed by atoms with E-state index >= 15 is 0 Å². The fourth-order valence-corrected chi connectivity index (χ4v) is 2.15. The van der Waals surface area contributed by atoms with E-state index in [-0.39, 0.29) is 17.9 Å². The first-order chi connectivity index (χ1) is 10.3. The van der Waals surface area contributed by atoms with Crippen LogP contribution in [0.1, 0.15) is 22.8 Å². The first-order valence-corrected chi connectivity index (χ1v) is 6.92. The molecular formula is C16H15ClFNO3. The molecule has 0 spiro atoms. The third-order valence-electron chi connectivity index (χ3n) is 3.24. The summed E-state index contributed by atoms with van der Waals surface area (Å²) in [4.78, 5) is 12.0. The van der Waals surface area contributed by atoms with Crippen molar-refractivity contribution in [3.8, 4) is 5.75 Å². The molecule has 0 heterocycles. The molecule has 6 heteroatoms. The van der Waals surface area contributed by atoms with Gasteiger partial charge < -0.3 is 15.5 Å². The van der Waals surface area contributed by atoms with Crippen molar-refractivity contribution in [1.82, 2.24) is 5.32 Å². The number of phenolic OH excluding ortho intramolecular Hbond substituents is 1. The second kappa shape index (κ2) is 6.34. The van der Waals surface area contributed by atoms with Crippen molar-refractivity contribution in [2.24, 2.45) is 0 Å². The number of amides is 1. The predicted octanol–water partition coefficient (Wildman–Crippen LogP) is 2.82. The Bertz CT molecular complexity index is 704. The van der Waals surface area contributed by atoms with E-state index in [1.54, 1.807) is 24.3 Å². The standard InChI is InChI=1S/C16H15ClFNO3/c1-16(22,10-3-2-4-11(17)7-10)9-19-15(21)13-6-5-12(20)8-14(13)18/h2-8,20,22H,9H2,1H3,(H,19,21)/t16-/m1/s1. The van der Waals surface area contributed by atoms with Crippen molar-refractivity contribution >= 4 is 17.5 Å². The SMILES string of the molecule is C[C@@](O)(CNC(=O)c1ccc(O)cc1F)c1cccc(Cl)c1. The number of rotatable bonds is 4. The lowest BCUT2D eigenvalue weighted by molar-refractivity contribution is 0.0525. The van der Waals surface area contributed by atoms with Gasteiger partial charge in [-0.15, -0.1) is 0 Å². The maximum Gasteiger partial charge on any atom is 0.254 e. The number of hydrogen-bond donors (Lipinski definition) is 3. The van der Waals surface area contributed by atoms with Gasteiger partial charge in [0.1, 0.15) is 17.2 Å². The summed E-state index contributed by atoms with van der Waals surface area (Å²) in [5, 5.41) is 22.5. The van der Waals surface area contributed by atoms with Gasteiger partial charge in [0, 0.05) is 11.1 Å². The average molecular weight is 324 g/mol. The molecule has 4 nitrogen and oxygen atoms in total. The summed E-state index contributed by atoms with van der Waals surface area (Å²) >= 11 is 5.87. The quantitative estimate of drug-likeness (QED) is 0.810. The number of nitrogens with one attached hydrogen (secondary N) is 1. The number of carbonyl (C=O) groups excluding carboxylic acids is 1. The van der Waals surface area contributed by atoms with E-state index < -0.39 is 17.3 Å². The Balaban J connectivity index is 2.09. The zero-order chi connectivity index (χ0) is 16.3. The highest BCUT2D eigenvalue weighted by molar-refractivity contribution is 6.30. The maximum atomic E-state index is 13.6. The van der Waals surface area contributed by atoms with Crippen molar-refractivity contribution in [2.45, 2.75) is 12.5 Å². The van der Waals surface area contributed by atoms with Gasteiger partial charge in [-0.25, -0.2) is 4.39 Å². The summed E-state index contributed by atoms with van der Waals surface area (Å²) in [7, 11) is 0. The van der Waals surface area contributed by atoms with E-state index in [1.165, 1.54) is 19.1 Å². The van der Waals surface area contributed by atoms with Gasteiger partial charge in [0.05, 0.1) is 12.1 Å². The molecule has 2 rings (SSSR count). The Hall–Kier alpha value is -2.11. The number of hydrogen-bond acceptors (Lipinski definition) is 3. The van der Waals surface area contributed by atoms with Crippen LogP contribution < -0.4 is 5.32 Å². The molecule has 0 saturated heterocycles. The topological polar surface area (TPSA) is 69.6 Å². The molecule has 116 valence electrons. The second-order valence-corrected chi connectivity index (χ2v) is 5.57. The zero-order valence-electron chi connectivity index (χ0n) is 11.8. The van der Waals surface area contributed by atoms with Crippen LogP contribution in [0.2, 0.25) is 5.02 Å². The minimum atomic E-state index is -1.35. The average Bonchev–Trinajstić information content (AvgIpc) is 2.45. The van der Waals surface area contributed by atoms with Gasteiger partial charge in [0.15, 0.2) is 0 Å². The Morgan fingerprint density at radius 1 is 1.32 bits per heavy atom. The van der Waals surface area contributed by atoms with Crippen LogP contribution in [-0.4, -0.2) is 22.7 Å². The van der Waals surface area contributed by atoms with Gasteiger partial charge >= 0.3 is 0 Å². The molecule has 0 bridgehead atoms. The summed E-state index contributed by atoms with van der Waals surface area (Å²) < 4.78 is 13.6. The van der Waals surface area contributed by atoms with Gasteiger partial charge in [0.25, 0.3) is 5.91 Å². The lowest BCUT2D eigenvalue weighted by Crippen LogP contribution is -2.38. The summed E-state index contributed by atoms with van der Waals surface area (Å²) in [5.41, 5.74) is -1.03. The molecule has 3 N–H and O–H groups in total. The number of aromatic hydroxyl groups is 1. The molecule has 2 aromatic carbocycles. The van der Waals surface area contributed by atoms with Crippen molar-refractivity contribution in [3.05, 3.63) is 64.4 Å². The van der Waals surface area contributed by atoms with Gasteiger partial charge in [-0.05, 0) is 36.8 Å². The maximum absolute atomic E-state index is 13.6. The lowest BCUT2D eigenvalue weighted by Gasteiger charge is -2.24. The largest absolute Gasteiger partial charge is 0.508 e. The summed E-state index contributed by atoms with van der Waals surface area (Å²) in [6, 6.07) is 9.87. The van der Waals surface area contributed by atoms with Crippen LogP contribution in [0.4, 0.5) is 4.39 Å². The molecule has 0 aliphatic heterocycles. The van der Waals surface area contributed by atoms with E-state index in [2.05, 4.69) is 5.32 Å². The third-order valence-corrected chi connectivity index (χ3v) is 3.47. The monoisotopic (exact) mass is 323 g/mol. The summed E-state index contributed by atoms with van der Waals surface area (Å²) in [6.45, 7) is 1.40. The van der Waals surface area contributed by atoms with E-state index in [0.29, 0.717) is 10.6 Å².